The van der Waals surface area contributed by atoms with Crippen LogP contribution in [0.15, 0.2) is 12.1 Å². The van der Waals surface area contributed by atoms with Crippen LogP contribution in [0.1, 0.15) is 54.4 Å². The standard InChI is InChI=1S/C18H26N2O2/c1-11-13(7-6-8-19)14-9-12(17(21)22)10-15(18(2,3)4)16(14)20(11)5/h9-10H,6-8,19H2,1-5H3,(H,21,22). The van der Waals surface area contributed by atoms with Gasteiger partial charge in [0.05, 0.1) is 11.1 Å². The predicted octanol–water partition coefficient (Wildman–Crippen LogP) is 3.37. The van der Waals surface area contributed by atoms with Crippen molar-refractivity contribution in [2.75, 3.05) is 6.54 Å². The van der Waals surface area contributed by atoms with Crippen molar-refractivity contribution >= 4 is 16.9 Å². The van der Waals surface area contributed by atoms with Gasteiger partial charge in [-0.15, -0.1) is 0 Å². The van der Waals surface area contributed by atoms with Crippen LogP contribution in [-0.4, -0.2) is 22.2 Å². The fourth-order valence-corrected chi connectivity index (χ4v) is 3.08. The Bertz CT molecular complexity index is 721. The number of nitrogens with two attached hydrogens (primary N) is 1. The Labute approximate surface area is 131 Å². The second-order valence-electron chi connectivity index (χ2n) is 6.99. The molecular weight excluding hydrogens is 276 g/mol. The lowest BCUT2D eigenvalue weighted by molar-refractivity contribution is 0.0697. The minimum atomic E-state index is -0.876. The summed E-state index contributed by atoms with van der Waals surface area (Å²) in [7, 11) is 2.05. The van der Waals surface area contributed by atoms with Gasteiger partial charge in [-0.1, -0.05) is 20.8 Å². The molecule has 0 bridgehead atoms. The lowest BCUT2D eigenvalue weighted by atomic mass is 9.84. The third kappa shape index (κ3) is 2.75. The van der Waals surface area contributed by atoms with E-state index in [2.05, 4.69) is 39.3 Å². The van der Waals surface area contributed by atoms with E-state index in [1.54, 1.807) is 0 Å². The molecule has 0 aliphatic carbocycles. The first-order chi connectivity index (χ1) is 10.2. The maximum absolute atomic E-state index is 11.5. The number of rotatable bonds is 4. The Morgan fingerprint density at radius 1 is 1.32 bits per heavy atom. The van der Waals surface area contributed by atoms with Gasteiger partial charge in [-0.2, -0.15) is 0 Å². The van der Waals surface area contributed by atoms with Crippen LogP contribution in [0.25, 0.3) is 10.9 Å². The average molecular weight is 302 g/mol. The van der Waals surface area contributed by atoms with Gasteiger partial charge in [0.1, 0.15) is 0 Å². The summed E-state index contributed by atoms with van der Waals surface area (Å²) < 4.78 is 2.19. The van der Waals surface area contributed by atoms with Crippen LogP contribution in [0, 0.1) is 6.92 Å². The topological polar surface area (TPSA) is 68.2 Å². The SMILES string of the molecule is Cc1c(CCCN)c2cc(C(=O)O)cc(C(C)(C)C)c2n1C. The highest BCUT2D eigenvalue weighted by Gasteiger charge is 2.24. The predicted molar refractivity (Wildman–Crippen MR) is 90.7 cm³/mol. The smallest absolute Gasteiger partial charge is 0.335 e. The third-order valence-corrected chi connectivity index (χ3v) is 4.40. The normalized spacial score (nSPS) is 12.1. The number of hydrogen-bond acceptors (Lipinski definition) is 2. The van der Waals surface area contributed by atoms with Gasteiger partial charge in [0, 0.05) is 18.1 Å². The molecule has 2 rings (SSSR count). The van der Waals surface area contributed by atoms with E-state index in [1.165, 1.54) is 11.3 Å². The number of aromatic nitrogens is 1. The highest BCUT2D eigenvalue weighted by atomic mass is 16.4. The van der Waals surface area contributed by atoms with E-state index >= 15 is 0 Å². The van der Waals surface area contributed by atoms with Gasteiger partial charge in [0.15, 0.2) is 0 Å². The van der Waals surface area contributed by atoms with Crippen LogP contribution in [0.2, 0.25) is 0 Å². The van der Waals surface area contributed by atoms with E-state index in [0.29, 0.717) is 12.1 Å². The van der Waals surface area contributed by atoms with Crippen molar-refractivity contribution in [1.29, 1.82) is 0 Å². The van der Waals surface area contributed by atoms with E-state index in [0.717, 1.165) is 29.3 Å². The van der Waals surface area contributed by atoms with Crippen molar-refractivity contribution in [3.63, 3.8) is 0 Å². The van der Waals surface area contributed by atoms with Gasteiger partial charge in [-0.05, 0) is 55.0 Å². The van der Waals surface area contributed by atoms with Crippen molar-refractivity contribution < 1.29 is 9.90 Å². The molecule has 0 radical (unpaired) electrons. The van der Waals surface area contributed by atoms with Gasteiger partial charge < -0.3 is 15.4 Å². The first kappa shape index (κ1) is 16.6. The van der Waals surface area contributed by atoms with Crippen LogP contribution in [0.3, 0.4) is 0 Å². The molecule has 2 aromatic rings. The van der Waals surface area contributed by atoms with Crippen LogP contribution >= 0.6 is 0 Å². The summed E-state index contributed by atoms with van der Waals surface area (Å²) in [4.78, 5) is 11.5. The molecule has 0 unspecified atom stereocenters. The number of carbonyl (C=O) groups is 1. The molecule has 4 nitrogen and oxygen atoms in total. The summed E-state index contributed by atoms with van der Waals surface area (Å²) in [6.07, 6.45) is 1.79. The molecule has 0 atom stereocenters. The van der Waals surface area contributed by atoms with E-state index < -0.39 is 5.97 Å². The molecule has 0 aliphatic rings. The molecule has 0 amide bonds. The second-order valence-corrected chi connectivity index (χ2v) is 6.99. The van der Waals surface area contributed by atoms with E-state index in [1.807, 2.05) is 12.1 Å². The molecule has 0 fully saturated rings. The van der Waals surface area contributed by atoms with E-state index in [9.17, 15) is 9.90 Å². The van der Waals surface area contributed by atoms with E-state index in [-0.39, 0.29) is 5.41 Å². The molecule has 4 heteroatoms. The largest absolute Gasteiger partial charge is 0.478 e. The zero-order valence-electron chi connectivity index (χ0n) is 14.2. The van der Waals surface area contributed by atoms with Crippen LogP contribution < -0.4 is 5.73 Å². The molecule has 22 heavy (non-hydrogen) atoms. The van der Waals surface area contributed by atoms with Crippen LogP contribution in [-0.2, 0) is 18.9 Å². The zero-order chi connectivity index (χ0) is 16.7. The van der Waals surface area contributed by atoms with Crippen molar-refractivity contribution in [2.24, 2.45) is 12.8 Å². The highest BCUT2D eigenvalue weighted by molar-refractivity contribution is 5.97. The third-order valence-electron chi connectivity index (χ3n) is 4.40. The van der Waals surface area contributed by atoms with Gasteiger partial charge >= 0.3 is 5.97 Å². The number of benzene rings is 1. The molecule has 120 valence electrons. The number of carboxylic acid groups (broad SMARTS) is 1. The Morgan fingerprint density at radius 3 is 2.45 bits per heavy atom. The van der Waals surface area contributed by atoms with Gasteiger partial charge in [0.2, 0.25) is 0 Å². The molecule has 1 heterocycles. The molecule has 1 aromatic carbocycles. The fourth-order valence-electron chi connectivity index (χ4n) is 3.08. The van der Waals surface area contributed by atoms with Crippen LogP contribution in [0.4, 0.5) is 0 Å². The molecular formula is C18H26N2O2. The number of nitrogens with zero attached hydrogens (tertiary/aromatic N) is 1. The first-order valence-electron chi connectivity index (χ1n) is 7.74. The first-order valence-corrected chi connectivity index (χ1v) is 7.74. The van der Waals surface area contributed by atoms with Gasteiger partial charge in [-0.25, -0.2) is 4.79 Å². The zero-order valence-corrected chi connectivity index (χ0v) is 14.2. The number of fused-ring (bicyclic) bond motifs is 1. The minimum absolute atomic E-state index is 0.118. The number of carboxylic acids is 1. The van der Waals surface area contributed by atoms with E-state index in [4.69, 9.17) is 5.73 Å². The summed E-state index contributed by atoms with van der Waals surface area (Å²) >= 11 is 0. The molecule has 0 spiro atoms. The quantitative estimate of drug-likeness (QED) is 0.909. The molecule has 1 aromatic heterocycles. The Kier molecular flexibility index (Phi) is 4.34. The van der Waals surface area contributed by atoms with Crippen molar-refractivity contribution in [1.82, 2.24) is 4.57 Å². The summed E-state index contributed by atoms with van der Waals surface area (Å²) in [5.74, 6) is -0.876. The molecule has 0 saturated heterocycles. The lowest BCUT2D eigenvalue weighted by Gasteiger charge is -2.22. The Morgan fingerprint density at radius 2 is 1.95 bits per heavy atom. The van der Waals surface area contributed by atoms with Crippen molar-refractivity contribution in [3.8, 4) is 0 Å². The Balaban J connectivity index is 2.86. The van der Waals surface area contributed by atoms with Gasteiger partial charge in [-0.3, -0.25) is 0 Å². The van der Waals surface area contributed by atoms with Crippen molar-refractivity contribution in [2.45, 2.75) is 46.0 Å². The highest BCUT2D eigenvalue weighted by Crippen LogP contribution is 2.36. The summed E-state index contributed by atoms with van der Waals surface area (Å²) in [6, 6.07) is 3.63. The minimum Gasteiger partial charge on any atom is -0.478 e. The maximum atomic E-state index is 11.5. The van der Waals surface area contributed by atoms with Crippen LogP contribution in [0.5, 0.6) is 0 Å². The second kappa shape index (κ2) is 5.76. The molecule has 3 N–H and O–H groups in total. The van der Waals surface area contributed by atoms with Crippen molar-refractivity contribution in [3.05, 3.63) is 34.5 Å². The Hall–Kier alpha value is -1.81. The molecule has 0 aliphatic heterocycles. The summed E-state index contributed by atoms with van der Waals surface area (Å²) in [6.45, 7) is 9.10. The summed E-state index contributed by atoms with van der Waals surface area (Å²) in [5, 5.41) is 10.5. The fraction of sp³-hybridized carbons (Fsp3) is 0.500. The monoisotopic (exact) mass is 302 g/mol. The number of aromatic carboxylic acids is 1. The summed E-state index contributed by atoms with van der Waals surface area (Å²) in [5.41, 5.74) is 10.5. The van der Waals surface area contributed by atoms with Gasteiger partial charge in [0.25, 0.3) is 0 Å². The maximum Gasteiger partial charge on any atom is 0.335 e. The molecule has 0 saturated carbocycles. The number of hydrogen-bond donors (Lipinski definition) is 2. The lowest BCUT2D eigenvalue weighted by Crippen LogP contribution is -2.14. The average Bonchev–Trinajstić information content (AvgIpc) is 2.67. The number of aryl methyl sites for hydroxylation is 2.